The van der Waals surface area contributed by atoms with Crippen molar-refractivity contribution in [1.82, 2.24) is 9.97 Å². The van der Waals surface area contributed by atoms with Gasteiger partial charge in [0, 0.05) is 42.7 Å². The molecule has 1 fully saturated rings. The average Bonchev–Trinajstić information content (AvgIpc) is 3.41. The van der Waals surface area contributed by atoms with E-state index in [1.165, 1.54) is 31.4 Å². The topological polar surface area (TPSA) is 130 Å². The van der Waals surface area contributed by atoms with Crippen LogP contribution in [0.3, 0.4) is 0 Å². The van der Waals surface area contributed by atoms with Gasteiger partial charge < -0.3 is 20.5 Å². The number of carbonyl (C=O) groups excluding carboxylic acids is 1. The second-order valence-electron chi connectivity index (χ2n) is 9.95. The molecule has 5 rings (SSSR count). The number of nitrogens with two attached hydrogens (primary N) is 1. The van der Waals surface area contributed by atoms with E-state index in [1.54, 1.807) is 24.5 Å². The number of aliphatic hydroxyl groups is 1. The lowest BCUT2D eigenvalue weighted by Gasteiger charge is -2.28. The minimum atomic E-state index is -0.629. The van der Waals surface area contributed by atoms with E-state index in [4.69, 9.17) is 17.0 Å². The molecule has 2 atom stereocenters. The van der Waals surface area contributed by atoms with Gasteiger partial charge in [0.05, 0.1) is 43.2 Å². The quantitative estimate of drug-likeness (QED) is 0.233. The highest BCUT2D eigenvalue weighted by molar-refractivity contribution is 5.97. The van der Waals surface area contributed by atoms with Gasteiger partial charge >= 0.3 is 0 Å². The number of anilines is 1. The van der Waals surface area contributed by atoms with Crippen LogP contribution in [0.15, 0.2) is 67.0 Å². The van der Waals surface area contributed by atoms with E-state index in [2.05, 4.69) is 14.8 Å². The smallest absolute Gasteiger partial charge is 0.197 e. The molecule has 0 bridgehead atoms. The maximum atomic E-state index is 14.9. The van der Waals surface area contributed by atoms with Gasteiger partial charge in [0.1, 0.15) is 23.3 Å². The van der Waals surface area contributed by atoms with Crippen LogP contribution in [0.1, 0.15) is 28.0 Å². The minimum absolute atomic E-state index is 0.000154. The van der Waals surface area contributed by atoms with Crippen molar-refractivity contribution < 1.29 is 19.0 Å². The highest BCUT2D eigenvalue weighted by Crippen LogP contribution is 2.37. The van der Waals surface area contributed by atoms with Crippen LogP contribution in [0, 0.1) is 23.7 Å². The number of hydrogen-bond acceptors (Lipinski definition) is 8. The number of hydrogen-bond donors (Lipinski definition) is 2. The summed E-state index contributed by atoms with van der Waals surface area (Å²) in [6, 6.07) is 16.0. The molecule has 1 saturated heterocycles. The van der Waals surface area contributed by atoms with E-state index in [0.717, 1.165) is 5.56 Å². The molecule has 0 aliphatic carbocycles. The van der Waals surface area contributed by atoms with Crippen molar-refractivity contribution in [3.05, 3.63) is 101 Å². The predicted molar refractivity (Wildman–Crippen MR) is 156 cm³/mol. The van der Waals surface area contributed by atoms with E-state index < -0.39 is 5.82 Å². The summed E-state index contributed by atoms with van der Waals surface area (Å²) in [5.41, 5.74) is 9.63. The summed E-state index contributed by atoms with van der Waals surface area (Å²) in [5.74, 6) is -0.788. The fourth-order valence-electron chi connectivity index (χ4n) is 5.34. The van der Waals surface area contributed by atoms with Gasteiger partial charge in [-0.3, -0.25) is 9.78 Å². The number of aromatic nitrogens is 2. The first-order chi connectivity index (χ1) is 20.4. The Kier molecular flexibility index (Phi) is 8.21. The molecule has 2 aromatic carbocycles. The molecule has 3 heterocycles. The molecular formula is C32H27FN6O3. The first-order valence-corrected chi connectivity index (χ1v) is 13.2. The zero-order valence-electron chi connectivity index (χ0n) is 22.8. The summed E-state index contributed by atoms with van der Waals surface area (Å²) in [5, 5.41) is 19.8. The lowest BCUT2D eigenvalue weighted by molar-refractivity contribution is 0.0988. The summed E-state index contributed by atoms with van der Waals surface area (Å²) < 4.78 is 20.2. The maximum Gasteiger partial charge on any atom is 0.197 e. The first-order valence-electron chi connectivity index (χ1n) is 13.2. The standard InChI is InChI=1S/C32H27FN6O3/c1-36-26-10-11-37-16-24(26)19-6-7-20(28(12-19)39-17-22(35)14-23(39)18-40)13-29(41)27-9-8-21(15-34)32(38-27)31-25(33)4-3-5-30(31)42-2/h3-12,16,22-23,40H,13-14,17-18,35H2,2H3/t22-,23-/m0/s1. The van der Waals surface area contributed by atoms with Gasteiger partial charge in [0.2, 0.25) is 0 Å². The maximum absolute atomic E-state index is 14.9. The Morgan fingerprint density at radius 3 is 2.86 bits per heavy atom. The van der Waals surface area contributed by atoms with E-state index in [1.807, 2.05) is 29.2 Å². The normalized spacial score (nSPS) is 16.1. The molecule has 0 radical (unpaired) electrons. The van der Waals surface area contributed by atoms with Gasteiger partial charge in [0.15, 0.2) is 11.5 Å². The second-order valence-corrected chi connectivity index (χ2v) is 9.95. The highest BCUT2D eigenvalue weighted by atomic mass is 19.1. The van der Waals surface area contributed by atoms with E-state index in [9.17, 15) is 19.6 Å². The predicted octanol–water partition coefficient (Wildman–Crippen LogP) is 4.70. The van der Waals surface area contributed by atoms with E-state index in [0.29, 0.717) is 35.5 Å². The van der Waals surface area contributed by atoms with Crippen LogP contribution in [-0.4, -0.2) is 53.2 Å². The van der Waals surface area contributed by atoms with Crippen molar-refractivity contribution in [2.24, 2.45) is 5.73 Å². The summed E-state index contributed by atoms with van der Waals surface area (Å²) in [6.07, 6.45) is 3.70. The van der Waals surface area contributed by atoms with E-state index in [-0.39, 0.29) is 59.2 Å². The van der Waals surface area contributed by atoms with Gasteiger partial charge in [-0.1, -0.05) is 18.2 Å². The Labute approximate surface area is 242 Å². The largest absolute Gasteiger partial charge is 0.496 e. The molecule has 1 aliphatic rings. The number of Topliss-reactive ketones (excluding diaryl/α,β-unsaturated/α-hetero) is 1. The molecule has 9 nitrogen and oxygen atoms in total. The number of carbonyl (C=O) groups is 1. The van der Waals surface area contributed by atoms with Crippen LogP contribution < -0.4 is 15.4 Å². The lowest BCUT2D eigenvalue weighted by atomic mass is 9.97. The highest BCUT2D eigenvalue weighted by Gasteiger charge is 2.32. The van der Waals surface area contributed by atoms with Crippen molar-refractivity contribution in [2.45, 2.75) is 24.9 Å². The van der Waals surface area contributed by atoms with Crippen molar-refractivity contribution in [3.63, 3.8) is 0 Å². The summed E-state index contributed by atoms with van der Waals surface area (Å²) in [4.78, 5) is 27.9. The Morgan fingerprint density at radius 1 is 1.29 bits per heavy atom. The van der Waals surface area contributed by atoms with Crippen molar-refractivity contribution in [3.8, 4) is 34.2 Å². The average molecular weight is 563 g/mol. The molecule has 0 unspecified atom stereocenters. The minimum Gasteiger partial charge on any atom is -0.496 e. The second kappa shape index (κ2) is 12.1. The van der Waals surface area contributed by atoms with E-state index >= 15 is 0 Å². The van der Waals surface area contributed by atoms with Gasteiger partial charge in [0.25, 0.3) is 0 Å². The fourth-order valence-corrected chi connectivity index (χ4v) is 5.34. The Bertz CT molecular complexity index is 1750. The Hall–Kier alpha value is -5.16. The number of aliphatic hydroxyl groups excluding tert-OH is 1. The molecule has 1 aliphatic heterocycles. The molecule has 3 N–H and O–H groups in total. The van der Waals surface area contributed by atoms with Crippen LogP contribution in [0.4, 0.5) is 15.8 Å². The number of rotatable bonds is 8. The zero-order valence-corrected chi connectivity index (χ0v) is 22.8. The van der Waals surface area contributed by atoms with Crippen molar-refractivity contribution in [1.29, 1.82) is 5.26 Å². The number of nitriles is 1. The number of ether oxygens (including phenoxy) is 1. The van der Waals surface area contributed by atoms with Crippen LogP contribution in [0.2, 0.25) is 0 Å². The summed E-state index contributed by atoms with van der Waals surface area (Å²) in [6.45, 7) is 7.92. The van der Waals surface area contributed by atoms with Crippen molar-refractivity contribution >= 4 is 17.2 Å². The van der Waals surface area contributed by atoms with Crippen molar-refractivity contribution in [2.75, 3.05) is 25.2 Å². The number of methoxy groups -OCH3 is 1. The number of halogens is 1. The molecule has 0 saturated carbocycles. The third kappa shape index (κ3) is 5.41. The van der Waals surface area contributed by atoms with Gasteiger partial charge in [-0.05, 0) is 53.9 Å². The summed E-state index contributed by atoms with van der Waals surface area (Å²) in [7, 11) is 1.39. The molecule has 4 aromatic rings. The van der Waals surface area contributed by atoms with Gasteiger partial charge in [-0.25, -0.2) is 14.2 Å². The first kappa shape index (κ1) is 28.4. The third-order valence-electron chi connectivity index (χ3n) is 7.37. The fraction of sp³-hybridized carbons (Fsp3) is 0.219. The van der Waals surface area contributed by atoms with Crippen LogP contribution in [0.5, 0.6) is 5.75 Å². The molecule has 42 heavy (non-hydrogen) atoms. The number of benzene rings is 2. The lowest BCUT2D eigenvalue weighted by Crippen LogP contribution is -2.33. The van der Waals surface area contributed by atoms with Crippen LogP contribution in [-0.2, 0) is 6.42 Å². The molecule has 0 amide bonds. The zero-order chi connectivity index (χ0) is 29.8. The molecular weight excluding hydrogens is 535 g/mol. The van der Waals surface area contributed by atoms with Gasteiger partial charge in [-0.2, -0.15) is 5.26 Å². The monoisotopic (exact) mass is 562 g/mol. The molecule has 2 aromatic heterocycles. The molecule has 210 valence electrons. The molecule has 10 heteroatoms. The molecule has 0 spiro atoms. The number of pyridine rings is 2. The SMILES string of the molecule is [C-]#[N+]c1ccncc1-c1ccc(CC(=O)c2ccc(C#N)c(-c3c(F)cccc3OC)n2)c(N2C[C@@H](N)C[C@H]2CO)c1. The van der Waals surface area contributed by atoms with Crippen LogP contribution in [0.25, 0.3) is 27.2 Å². The van der Waals surface area contributed by atoms with Gasteiger partial charge in [-0.15, -0.1) is 0 Å². The summed E-state index contributed by atoms with van der Waals surface area (Å²) >= 11 is 0. The third-order valence-corrected chi connectivity index (χ3v) is 7.37. The number of nitrogens with zero attached hydrogens (tertiary/aromatic N) is 5. The Balaban J connectivity index is 1.57. The van der Waals surface area contributed by atoms with Crippen LogP contribution >= 0.6 is 0 Å². The number of ketones is 1. The Morgan fingerprint density at radius 2 is 2.12 bits per heavy atom.